The first-order valence-electron chi connectivity index (χ1n) is 8.58. The summed E-state index contributed by atoms with van der Waals surface area (Å²) in [6.07, 6.45) is -10.0. The third kappa shape index (κ3) is 6.43. The molecule has 7 N–H and O–H groups in total. The van der Waals surface area contributed by atoms with E-state index >= 15 is 4.39 Å². The Labute approximate surface area is 172 Å². The molecule has 1 aromatic heterocycles. The molecule has 22 heteroatoms. The minimum Gasteiger partial charge on any atom is -0.385 e. The van der Waals surface area contributed by atoms with Crippen LogP contribution >= 0.6 is 23.5 Å². The number of aliphatic hydroxyl groups is 2. The smallest absolute Gasteiger partial charge is 0.385 e. The molecule has 2 unspecified atom stereocenters. The standard InChI is InChI=1S/C9H13F2N2O15P3/c10-3-1-13(8(17)12-6(3)16)7-4(14)5(15)9(11,26-7)2-25-30(21,22)28-31(23,24)27-29(18,19)20/h1,4-5,7,14-15H,2H2,(H,21,22)(H,23,24)(H,12,16,17)(H2,18,19,20)/t4-,5+,7-,9-/m1/s1/i2D2,7D. The number of alkyl halides is 1. The molecule has 2 heterocycles. The molecule has 2 rings (SSSR count). The maximum absolute atomic E-state index is 15.4. The van der Waals surface area contributed by atoms with Gasteiger partial charge in [0.1, 0.15) is 18.8 Å². The molecule has 1 saturated heterocycles. The van der Waals surface area contributed by atoms with Crippen molar-refractivity contribution in [1.29, 1.82) is 0 Å². The molecule has 0 radical (unpaired) electrons. The molecule has 31 heavy (non-hydrogen) atoms. The third-order valence-corrected chi connectivity index (χ3v) is 6.69. The quantitative estimate of drug-likeness (QED) is 0.181. The number of hydrogen-bond donors (Lipinski definition) is 7. The van der Waals surface area contributed by atoms with Crippen molar-refractivity contribution in [2.45, 2.75) is 24.3 Å². The third-order valence-electron chi connectivity index (χ3n) is 3.04. The van der Waals surface area contributed by atoms with Crippen molar-refractivity contribution < 1.29 is 74.3 Å². The summed E-state index contributed by atoms with van der Waals surface area (Å²) in [4.78, 5) is 59.6. The van der Waals surface area contributed by atoms with Crippen LogP contribution in [-0.2, 0) is 31.6 Å². The zero-order chi connectivity index (χ0) is 26.7. The van der Waals surface area contributed by atoms with Gasteiger partial charge in [0.2, 0.25) is 5.82 Å². The van der Waals surface area contributed by atoms with E-state index in [0.717, 1.165) is 0 Å². The van der Waals surface area contributed by atoms with E-state index in [9.17, 15) is 42.8 Å². The number of nitrogens with zero attached hydrogens (tertiary/aromatic N) is 1. The van der Waals surface area contributed by atoms with E-state index in [1.165, 1.54) is 4.98 Å². The molecule has 0 amide bonds. The number of phosphoric acid groups is 3. The minimum atomic E-state index is -6.41. The van der Waals surface area contributed by atoms with Gasteiger partial charge in [-0.05, 0) is 0 Å². The second kappa shape index (κ2) is 8.64. The van der Waals surface area contributed by atoms with Crippen LogP contribution in [0.5, 0.6) is 0 Å². The Hall–Kier alpha value is -1.17. The van der Waals surface area contributed by atoms with Crippen molar-refractivity contribution >= 4 is 23.5 Å². The number of phosphoric ester groups is 1. The van der Waals surface area contributed by atoms with E-state index < -0.39 is 71.4 Å². The summed E-state index contributed by atoms with van der Waals surface area (Å²) in [5.41, 5.74) is -3.36. The molecule has 0 saturated carbocycles. The molecule has 1 aliphatic heterocycles. The van der Waals surface area contributed by atoms with Gasteiger partial charge in [-0.3, -0.25) is 18.9 Å². The highest BCUT2D eigenvalue weighted by molar-refractivity contribution is 7.66. The van der Waals surface area contributed by atoms with Crippen LogP contribution in [0.3, 0.4) is 0 Å². The van der Waals surface area contributed by atoms with Crippen molar-refractivity contribution in [3.05, 3.63) is 32.9 Å². The summed E-state index contributed by atoms with van der Waals surface area (Å²) in [5.74, 6) is -6.41. The molecule has 6 atom stereocenters. The van der Waals surface area contributed by atoms with Gasteiger partial charge in [-0.15, -0.1) is 0 Å². The van der Waals surface area contributed by atoms with Gasteiger partial charge in [-0.2, -0.15) is 13.0 Å². The highest BCUT2D eigenvalue weighted by atomic mass is 31.3. The Bertz CT molecular complexity index is 1240. The first-order chi connectivity index (χ1) is 15.0. The van der Waals surface area contributed by atoms with Crippen molar-refractivity contribution in [2.24, 2.45) is 0 Å². The van der Waals surface area contributed by atoms with Gasteiger partial charge in [0.05, 0.1) is 10.3 Å². The maximum Gasteiger partial charge on any atom is 0.490 e. The van der Waals surface area contributed by atoms with Gasteiger partial charge in [0.15, 0.2) is 6.20 Å². The Morgan fingerprint density at radius 2 is 1.81 bits per heavy atom. The van der Waals surface area contributed by atoms with Crippen LogP contribution in [0.4, 0.5) is 8.78 Å². The Balaban J connectivity index is 2.44. The Kier molecular flexibility index (Phi) is 6.04. The molecular formula is C9H13F2N2O15P3. The maximum atomic E-state index is 15.4. The van der Waals surface area contributed by atoms with Crippen molar-refractivity contribution in [3.63, 3.8) is 0 Å². The van der Waals surface area contributed by atoms with E-state index in [1.54, 1.807) is 0 Å². The summed E-state index contributed by atoms with van der Waals surface area (Å²) in [6, 6.07) is 0. The average Bonchev–Trinajstić information content (AvgIpc) is 2.76. The highest BCUT2D eigenvalue weighted by Crippen LogP contribution is 2.66. The molecule has 1 aromatic rings. The fraction of sp³-hybridized carbons (Fsp3) is 0.556. The number of rotatable bonds is 8. The predicted octanol–water partition coefficient (Wildman–Crippen LogP) is -2.06. The lowest BCUT2D eigenvalue weighted by Crippen LogP contribution is -2.43. The molecule has 1 aliphatic rings. The van der Waals surface area contributed by atoms with E-state index in [2.05, 4.69) is 17.9 Å². The van der Waals surface area contributed by atoms with Gasteiger partial charge < -0.3 is 34.5 Å². The van der Waals surface area contributed by atoms with E-state index in [1.807, 2.05) is 0 Å². The van der Waals surface area contributed by atoms with Crippen LogP contribution in [0.25, 0.3) is 0 Å². The topological polar surface area (TPSA) is 264 Å². The highest BCUT2D eigenvalue weighted by Gasteiger charge is 2.57. The molecule has 178 valence electrons. The monoisotopic (exact) mass is 523 g/mol. The Morgan fingerprint density at radius 1 is 1.23 bits per heavy atom. The van der Waals surface area contributed by atoms with Crippen LogP contribution in [-0.4, -0.2) is 64.0 Å². The fourth-order valence-electron chi connectivity index (χ4n) is 1.91. The van der Waals surface area contributed by atoms with E-state index in [-0.39, 0.29) is 10.8 Å². The molecule has 0 aromatic carbocycles. The van der Waals surface area contributed by atoms with Gasteiger partial charge in [-0.25, -0.2) is 22.9 Å². The van der Waals surface area contributed by atoms with E-state index in [4.69, 9.17) is 18.8 Å². The molecule has 0 bridgehead atoms. The van der Waals surface area contributed by atoms with Gasteiger partial charge in [0, 0.05) is 0 Å². The second-order valence-electron chi connectivity index (χ2n) is 5.37. The Morgan fingerprint density at radius 3 is 2.35 bits per heavy atom. The van der Waals surface area contributed by atoms with Crippen molar-refractivity contribution in [2.75, 3.05) is 6.56 Å². The molecule has 0 spiro atoms. The fourth-order valence-corrected chi connectivity index (χ4v) is 4.79. The van der Waals surface area contributed by atoms with Gasteiger partial charge in [-0.1, -0.05) is 0 Å². The van der Waals surface area contributed by atoms with Crippen LogP contribution in [0.15, 0.2) is 15.8 Å². The number of halogens is 2. The lowest BCUT2D eigenvalue weighted by molar-refractivity contribution is -0.205. The molecular weight excluding hydrogens is 507 g/mol. The zero-order valence-electron chi connectivity index (χ0n) is 17.1. The number of nitrogens with one attached hydrogen (secondary N) is 1. The second-order valence-corrected chi connectivity index (χ2v) is 9.71. The van der Waals surface area contributed by atoms with E-state index in [0.29, 0.717) is 0 Å². The zero-order valence-corrected chi connectivity index (χ0v) is 16.8. The summed E-state index contributed by atoms with van der Waals surface area (Å²) in [7, 11) is -18.4. The van der Waals surface area contributed by atoms with Gasteiger partial charge in [0.25, 0.3) is 11.4 Å². The first kappa shape index (κ1) is 21.7. The van der Waals surface area contributed by atoms with Crippen molar-refractivity contribution in [1.82, 2.24) is 9.55 Å². The summed E-state index contributed by atoms with van der Waals surface area (Å²) < 4.78 is 99.6. The molecule has 0 aliphatic carbocycles. The van der Waals surface area contributed by atoms with Crippen LogP contribution < -0.4 is 11.2 Å². The number of hydrogen-bond acceptors (Lipinski definition) is 11. The lowest BCUT2D eigenvalue weighted by Gasteiger charge is -2.24. The number of aromatic nitrogens is 2. The summed E-state index contributed by atoms with van der Waals surface area (Å²) in [6.45, 7) is -4.55. The van der Waals surface area contributed by atoms with Gasteiger partial charge >= 0.3 is 29.2 Å². The number of aliphatic hydroxyl groups excluding tert-OH is 2. The number of aromatic amines is 1. The normalized spacial score (nSPS) is 34.9. The first-order valence-corrected chi connectivity index (χ1v) is 11.6. The number of ether oxygens (including phenoxy) is 1. The lowest BCUT2D eigenvalue weighted by atomic mass is 10.1. The summed E-state index contributed by atoms with van der Waals surface area (Å²) in [5, 5.41) is 19.9. The predicted molar refractivity (Wildman–Crippen MR) is 87.1 cm³/mol. The summed E-state index contributed by atoms with van der Waals surface area (Å²) >= 11 is 0. The van der Waals surface area contributed by atoms with Crippen molar-refractivity contribution in [3.8, 4) is 0 Å². The van der Waals surface area contributed by atoms with Crippen LogP contribution in [0.1, 0.15) is 10.3 Å². The molecule has 17 nitrogen and oxygen atoms in total. The van der Waals surface area contributed by atoms with Crippen LogP contribution in [0, 0.1) is 5.82 Å². The number of H-pyrrole nitrogens is 1. The minimum absolute atomic E-state index is 0.0895. The van der Waals surface area contributed by atoms with Crippen LogP contribution in [0.2, 0.25) is 0 Å². The average molecular weight is 523 g/mol. The molecule has 1 fully saturated rings. The largest absolute Gasteiger partial charge is 0.490 e. The SMILES string of the molecule is [2H]C([2H])(OP(=O)(O)OP(=O)(O)OP(=O)(O)O)[C@@]1(F)O[C@@]([2H])(n2cc(F)c(=O)[nH]c2=O)[C@H](O)[C@@H]1O.